The molecule has 5 heteroatoms. The minimum atomic E-state index is 0.0742. The van der Waals surface area contributed by atoms with Gasteiger partial charge in [-0.2, -0.15) is 0 Å². The second-order valence-electron chi connectivity index (χ2n) is 4.92. The number of nitrogens with zero attached hydrogens (tertiary/aromatic N) is 1. The van der Waals surface area contributed by atoms with Gasteiger partial charge in [-0.05, 0) is 25.7 Å². The maximum Gasteiger partial charge on any atom is 0.228 e. The molecule has 2 heterocycles. The second kappa shape index (κ2) is 5.78. The molecule has 2 N–H and O–H groups in total. The smallest absolute Gasteiger partial charge is 0.228 e. The number of carbonyl (C=O) groups is 1. The monoisotopic (exact) mass is 256 g/mol. The molecule has 0 bridgehead atoms. The number of amides is 1. The van der Waals surface area contributed by atoms with Crippen molar-refractivity contribution in [2.45, 2.75) is 25.7 Å². The molecule has 0 spiro atoms. The van der Waals surface area contributed by atoms with Crippen molar-refractivity contribution in [3.8, 4) is 0 Å². The first-order chi connectivity index (χ1) is 8.18. The highest BCUT2D eigenvalue weighted by Gasteiger charge is 2.30. The highest BCUT2D eigenvalue weighted by atomic mass is 32.1. The highest BCUT2D eigenvalue weighted by Crippen LogP contribution is 2.22. The first-order valence-corrected chi connectivity index (χ1v) is 6.75. The standard InChI is InChI=1S/C12H20N2O2S/c13-11(17)9-3-5-14(6-4-9)12(15)10-2-1-7-16-8-10/h9-10H,1-8H2,(H2,13,17). The van der Waals surface area contributed by atoms with Crippen molar-refractivity contribution in [3.63, 3.8) is 0 Å². The number of piperidine rings is 1. The van der Waals surface area contributed by atoms with Gasteiger partial charge in [0.15, 0.2) is 0 Å². The predicted octanol–water partition coefficient (Wildman–Crippen LogP) is 0.938. The quantitative estimate of drug-likeness (QED) is 0.747. The van der Waals surface area contributed by atoms with Crippen molar-refractivity contribution in [1.29, 1.82) is 0 Å². The van der Waals surface area contributed by atoms with Gasteiger partial charge in [0.2, 0.25) is 5.91 Å². The number of rotatable bonds is 2. The third-order valence-electron chi connectivity index (χ3n) is 3.72. The fourth-order valence-electron chi connectivity index (χ4n) is 2.58. The fourth-order valence-corrected chi connectivity index (χ4v) is 2.81. The summed E-state index contributed by atoms with van der Waals surface area (Å²) >= 11 is 5.00. The van der Waals surface area contributed by atoms with Crippen molar-refractivity contribution in [2.24, 2.45) is 17.6 Å². The van der Waals surface area contributed by atoms with Crippen molar-refractivity contribution in [3.05, 3.63) is 0 Å². The predicted molar refractivity (Wildman–Crippen MR) is 69.6 cm³/mol. The second-order valence-corrected chi connectivity index (χ2v) is 5.39. The molecule has 1 unspecified atom stereocenters. The minimum Gasteiger partial charge on any atom is -0.393 e. The van der Waals surface area contributed by atoms with Crippen molar-refractivity contribution >= 4 is 23.1 Å². The van der Waals surface area contributed by atoms with E-state index in [1.54, 1.807) is 0 Å². The lowest BCUT2D eigenvalue weighted by atomic mass is 9.94. The molecule has 0 radical (unpaired) electrons. The molecule has 0 aromatic carbocycles. The van der Waals surface area contributed by atoms with E-state index in [1.807, 2.05) is 4.90 Å². The fraction of sp³-hybridized carbons (Fsp3) is 0.833. The van der Waals surface area contributed by atoms with E-state index < -0.39 is 0 Å². The van der Waals surface area contributed by atoms with Crippen LogP contribution in [0.4, 0.5) is 0 Å². The van der Waals surface area contributed by atoms with E-state index >= 15 is 0 Å². The van der Waals surface area contributed by atoms with Gasteiger partial charge in [0.05, 0.1) is 17.5 Å². The molecule has 2 aliphatic rings. The van der Waals surface area contributed by atoms with Gasteiger partial charge in [-0.1, -0.05) is 12.2 Å². The van der Waals surface area contributed by atoms with E-state index in [0.29, 0.717) is 17.5 Å². The number of hydrogen-bond donors (Lipinski definition) is 1. The van der Waals surface area contributed by atoms with Crippen LogP contribution in [0.15, 0.2) is 0 Å². The van der Waals surface area contributed by atoms with Gasteiger partial charge in [-0.3, -0.25) is 4.79 Å². The third kappa shape index (κ3) is 3.16. The van der Waals surface area contributed by atoms with Crippen molar-refractivity contribution in [2.75, 3.05) is 26.3 Å². The first kappa shape index (κ1) is 12.8. The van der Waals surface area contributed by atoms with Gasteiger partial charge in [0.25, 0.3) is 0 Å². The van der Waals surface area contributed by atoms with Gasteiger partial charge in [0.1, 0.15) is 0 Å². The highest BCUT2D eigenvalue weighted by molar-refractivity contribution is 7.80. The Kier molecular flexibility index (Phi) is 4.34. The summed E-state index contributed by atoms with van der Waals surface area (Å²) in [6.45, 7) is 2.97. The largest absolute Gasteiger partial charge is 0.393 e. The topological polar surface area (TPSA) is 55.6 Å². The Bertz CT molecular complexity index is 295. The molecule has 0 aliphatic carbocycles. The van der Waals surface area contributed by atoms with Crippen molar-refractivity contribution in [1.82, 2.24) is 4.90 Å². The normalized spacial score (nSPS) is 26.8. The van der Waals surface area contributed by atoms with Crippen LogP contribution >= 0.6 is 12.2 Å². The summed E-state index contributed by atoms with van der Waals surface area (Å²) < 4.78 is 5.37. The number of carbonyl (C=O) groups excluding carboxylic acids is 1. The van der Waals surface area contributed by atoms with Gasteiger partial charge in [-0.15, -0.1) is 0 Å². The number of likely N-dealkylation sites (tertiary alicyclic amines) is 1. The van der Waals surface area contributed by atoms with Crippen LogP contribution in [0.5, 0.6) is 0 Å². The SMILES string of the molecule is NC(=S)C1CCN(C(=O)C2CCCOC2)CC1. The van der Waals surface area contributed by atoms with E-state index in [1.165, 1.54) is 0 Å². The molecule has 17 heavy (non-hydrogen) atoms. The average molecular weight is 256 g/mol. The number of ether oxygens (including phenoxy) is 1. The molecule has 2 saturated heterocycles. The molecule has 0 aromatic heterocycles. The first-order valence-electron chi connectivity index (χ1n) is 6.34. The van der Waals surface area contributed by atoms with E-state index in [0.717, 1.165) is 45.4 Å². The molecule has 0 saturated carbocycles. The molecule has 2 aliphatic heterocycles. The molecule has 2 rings (SSSR count). The molecule has 1 amide bonds. The van der Waals surface area contributed by atoms with Gasteiger partial charge in [-0.25, -0.2) is 0 Å². The van der Waals surface area contributed by atoms with Crippen LogP contribution in [0.25, 0.3) is 0 Å². The Morgan fingerprint density at radius 2 is 1.94 bits per heavy atom. The lowest BCUT2D eigenvalue weighted by Gasteiger charge is -2.34. The maximum absolute atomic E-state index is 12.2. The zero-order chi connectivity index (χ0) is 12.3. The van der Waals surface area contributed by atoms with Crippen LogP contribution in [-0.4, -0.2) is 42.1 Å². The Labute approximate surface area is 107 Å². The molecule has 0 aromatic rings. The number of nitrogens with two attached hydrogens (primary N) is 1. The van der Waals surface area contributed by atoms with Crippen LogP contribution in [0.2, 0.25) is 0 Å². The number of thiocarbonyl (C=S) groups is 1. The summed E-state index contributed by atoms with van der Waals surface area (Å²) in [6, 6.07) is 0. The summed E-state index contributed by atoms with van der Waals surface area (Å²) in [6.07, 6.45) is 3.79. The Morgan fingerprint density at radius 3 is 2.47 bits per heavy atom. The summed E-state index contributed by atoms with van der Waals surface area (Å²) in [5.74, 6) is 0.646. The Morgan fingerprint density at radius 1 is 1.24 bits per heavy atom. The van der Waals surface area contributed by atoms with E-state index in [-0.39, 0.29) is 11.8 Å². The Balaban J connectivity index is 1.83. The Hall–Kier alpha value is -0.680. The summed E-state index contributed by atoms with van der Waals surface area (Å²) in [5.41, 5.74) is 5.64. The molecular formula is C12H20N2O2S. The summed E-state index contributed by atoms with van der Waals surface area (Å²) in [4.78, 5) is 14.8. The van der Waals surface area contributed by atoms with Gasteiger partial charge >= 0.3 is 0 Å². The zero-order valence-corrected chi connectivity index (χ0v) is 10.9. The number of hydrogen-bond acceptors (Lipinski definition) is 3. The average Bonchev–Trinajstić information content (AvgIpc) is 2.39. The van der Waals surface area contributed by atoms with Crippen LogP contribution in [0.1, 0.15) is 25.7 Å². The van der Waals surface area contributed by atoms with Crippen molar-refractivity contribution < 1.29 is 9.53 Å². The molecule has 2 fully saturated rings. The van der Waals surface area contributed by atoms with Crippen LogP contribution in [0, 0.1) is 11.8 Å². The lowest BCUT2D eigenvalue weighted by Crippen LogP contribution is -2.45. The molecule has 1 atom stereocenters. The summed E-state index contributed by atoms with van der Waals surface area (Å²) in [7, 11) is 0. The zero-order valence-electron chi connectivity index (χ0n) is 10.1. The molecule has 96 valence electrons. The molecular weight excluding hydrogens is 236 g/mol. The van der Waals surface area contributed by atoms with Gasteiger partial charge < -0.3 is 15.4 Å². The van der Waals surface area contributed by atoms with Crippen LogP contribution in [-0.2, 0) is 9.53 Å². The summed E-state index contributed by atoms with van der Waals surface area (Å²) in [5, 5.41) is 0. The van der Waals surface area contributed by atoms with E-state index in [9.17, 15) is 4.79 Å². The van der Waals surface area contributed by atoms with Gasteiger partial charge in [0, 0.05) is 25.6 Å². The lowest BCUT2D eigenvalue weighted by molar-refractivity contribution is -0.140. The third-order valence-corrected chi connectivity index (χ3v) is 4.05. The molecule has 4 nitrogen and oxygen atoms in total. The van der Waals surface area contributed by atoms with E-state index in [4.69, 9.17) is 22.7 Å². The van der Waals surface area contributed by atoms with Crippen LogP contribution < -0.4 is 5.73 Å². The van der Waals surface area contributed by atoms with Crippen LogP contribution in [0.3, 0.4) is 0 Å². The maximum atomic E-state index is 12.2. The van der Waals surface area contributed by atoms with E-state index in [2.05, 4.69) is 0 Å². The minimum absolute atomic E-state index is 0.0742.